The van der Waals surface area contributed by atoms with Gasteiger partial charge in [0.25, 0.3) is 0 Å². The fourth-order valence-corrected chi connectivity index (χ4v) is 1.13. The van der Waals surface area contributed by atoms with Crippen molar-refractivity contribution in [2.45, 2.75) is 20.0 Å². The summed E-state index contributed by atoms with van der Waals surface area (Å²) in [6, 6.07) is 0. The molecule has 0 aromatic carbocycles. The van der Waals surface area contributed by atoms with E-state index in [0.29, 0.717) is 0 Å². The summed E-state index contributed by atoms with van der Waals surface area (Å²) in [5.74, 6) is 0. The molecule has 0 aliphatic carbocycles. The van der Waals surface area contributed by atoms with Crippen molar-refractivity contribution in [2.24, 2.45) is 0 Å². The molecule has 0 fully saturated rings. The Balaban J connectivity index is 2.10. The van der Waals surface area contributed by atoms with Crippen LogP contribution in [0.1, 0.15) is 12.6 Å². The molecule has 2 rings (SSSR count). The molecule has 0 saturated carbocycles. The molecular weight excluding hydrogens is 166 g/mol. The minimum absolute atomic E-state index is 0.736. The number of hydrogen-bond acceptors (Lipinski definition) is 3. The molecule has 0 unspecified atom stereocenters. The van der Waals surface area contributed by atoms with Gasteiger partial charge in [0.2, 0.25) is 0 Å². The molecule has 2 heterocycles. The average Bonchev–Trinajstić information content (AvgIpc) is 2.76. The molecule has 0 saturated heterocycles. The Morgan fingerprint density at radius 3 is 3.00 bits per heavy atom. The van der Waals surface area contributed by atoms with Crippen molar-refractivity contribution >= 4 is 0 Å². The second kappa shape index (κ2) is 3.38. The molecule has 0 bridgehead atoms. The molecule has 0 atom stereocenters. The van der Waals surface area contributed by atoms with Crippen LogP contribution in [-0.4, -0.2) is 24.5 Å². The zero-order chi connectivity index (χ0) is 9.10. The maximum atomic E-state index is 4.03. The highest BCUT2D eigenvalue weighted by Gasteiger charge is 1.99. The van der Waals surface area contributed by atoms with Crippen LogP contribution >= 0.6 is 0 Å². The van der Waals surface area contributed by atoms with Crippen molar-refractivity contribution in [1.82, 2.24) is 24.5 Å². The fraction of sp³-hybridized carbons (Fsp3) is 0.375. The van der Waals surface area contributed by atoms with Crippen molar-refractivity contribution < 1.29 is 0 Å². The lowest BCUT2D eigenvalue weighted by molar-refractivity contribution is 0.626. The van der Waals surface area contributed by atoms with Gasteiger partial charge in [-0.25, -0.2) is 4.98 Å². The normalized spacial score (nSPS) is 10.5. The lowest BCUT2D eigenvalue weighted by Gasteiger charge is -1.95. The van der Waals surface area contributed by atoms with Crippen molar-refractivity contribution in [3.63, 3.8) is 0 Å². The Morgan fingerprint density at radius 2 is 2.38 bits per heavy atom. The van der Waals surface area contributed by atoms with Gasteiger partial charge in [-0.3, -0.25) is 4.68 Å². The third-order valence-electron chi connectivity index (χ3n) is 1.81. The van der Waals surface area contributed by atoms with Crippen LogP contribution < -0.4 is 0 Å². The van der Waals surface area contributed by atoms with Crippen molar-refractivity contribution in [2.75, 3.05) is 0 Å². The van der Waals surface area contributed by atoms with E-state index in [2.05, 4.69) is 15.3 Å². The van der Waals surface area contributed by atoms with E-state index in [1.807, 2.05) is 28.6 Å². The first kappa shape index (κ1) is 7.97. The molecule has 0 spiro atoms. The molecule has 0 aliphatic rings. The number of rotatable bonds is 3. The van der Waals surface area contributed by atoms with Crippen LogP contribution in [0.25, 0.3) is 0 Å². The standard InChI is InChI=1S/C8H11N5/c1-2-13-6-8(10-11-13)5-12-4-3-9-7-12/h3-4,6-7H,2,5H2,1H3. The highest BCUT2D eigenvalue weighted by atomic mass is 15.4. The molecular formula is C8H11N5. The van der Waals surface area contributed by atoms with Crippen LogP contribution in [0.5, 0.6) is 0 Å². The van der Waals surface area contributed by atoms with Gasteiger partial charge in [0, 0.05) is 18.9 Å². The topological polar surface area (TPSA) is 48.5 Å². The summed E-state index contributed by atoms with van der Waals surface area (Å²) in [6.45, 7) is 3.63. The van der Waals surface area contributed by atoms with E-state index >= 15 is 0 Å². The summed E-state index contributed by atoms with van der Waals surface area (Å²) < 4.78 is 3.77. The van der Waals surface area contributed by atoms with E-state index in [1.54, 1.807) is 12.5 Å². The van der Waals surface area contributed by atoms with Crippen molar-refractivity contribution in [3.05, 3.63) is 30.6 Å². The Hall–Kier alpha value is -1.65. The zero-order valence-corrected chi connectivity index (χ0v) is 7.46. The third-order valence-corrected chi connectivity index (χ3v) is 1.81. The van der Waals surface area contributed by atoms with Gasteiger partial charge in [0.15, 0.2) is 0 Å². The van der Waals surface area contributed by atoms with Gasteiger partial charge in [-0.1, -0.05) is 5.21 Å². The van der Waals surface area contributed by atoms with E-state index < -0.39 is 0 Å². The molecule has 0 aliphatic heterocycles. The lowest BCUT2D eigenvalue weighted by Crippen LogP contribution is -1.96. The summed E-state index contributed by atoms with van der Waals surface area (Å²) in [6.07, 6.45) is 7.38. The summed E-state index contributed by atoms with van der Waals surface area (Å²) in [4.78, 5) is 3.95. The molecule has 2 aromatic heterocycles. The predicted octanol–water partition coefficient (Wildman–Crippen LogP) is 0.543. The fourth-order valence-electron chi connectivity index (χ4n) is 1.13. The minimum atomic E-state index is 0.736. The highest BCUT2D eigenvalue weighted by molar-refractivity contribution is 4.94. The second-order valence-electron chi connectivity index (χ2n) is 2.80. The monoisotopic (exact) mass is 177 g/mol. The van der Waals surface area contributed by atoms with Gasteiger partial charge in [-0.2, -0.15) is 0 Å². The van der Waals surface area contributed by atoms with Gasteiger partial charge in [-0.15, -0.1) is 5.10 Å². The lowest BCUT2D eigenvalue weighted by atomic mass is 10.5. The van der Waals surface area contributed by atoms with Gasteiger partial charge in [0.1, 0.15) is 5.69 Å². The van der Waals surface area contributed by atoms with Crippen LogP contribution in [0, 0.1) is 0 Å². The van der Waals surface area contributed by atoms with Crippen LogP contribution in [0.3, 0.4) is 0 Å². The van der Waals surface area contributed by atoms with Crippen molar-refractivity contribution in [3.8, 4) is 0 Å². The van der Waals surface area contributed by atoms with Crippen LogP contribution in [0.15, 0.2) is 24.9 Å². The average molecular weight is 177 g/mol. The number of imidazole rings is 1. The maximum absolute atomic E-state index is 4.03. The molecule has 13 heavy (non-hydrogen) atoms. The molecule has 5 nitrogen and oxygen atoms in total. The van der Waals surface area contributed by atoms with E-state index in [-0.39, 0.29) is 0 Å². The summed E-state index contributed by atoms with van der Waals surface area (Å²) >= 11 is 0. The Morgan fingerprint density at radius 1 is 1.46 bits per heavy atom. The van der Waals surface area contributed by atoms with Crippen LogP contribution in [0.2, 0.25) is 0 Å². The quantitative estimate of drug-likeness (QED) is 0.687. The highest BCUT2D eigenvalue weighted by Crippen LogP contribution is 1.97. The smallest absolute Gasteiger partial charge is 0.102 e. The largest absolute Gasteiger partial charge is 0.331 e. The SMILES string of the molecule is CCn1cc(Cn2ccnc2)nn1. The van der Waals surface area contributed by atoms with E-state index in [0.717, 1.165) is 18.8 Å². The van der Waals surface area contributed by atoms with Crippen molar-refractivity contribution in [1.29, 1.82) is 0 Å². The van der Waals surface area contributed by atoms with Crippen LogP contribution in [0.4, 0.5) is 0 Å². The van der Waals surface area contributed by atoms with E-state index in [4.69, 9.17) is 0 Å². The van der Waals surface area contributed by atoms with Gasteiger partial charge in [0.05, 0.1) is 19.1 Å². The van der Waals surface area contributed by atoms with Crippen LogP contribution in [-0.2, 0) is 13.1 Å². The van der Waals surface area contributed by atoms with E-state index in [1.165, 1.54) is 0 Å². The Labute approximate surface area is 76.0 Å². The first-order chi connectivity index (χ1) is 6.38. The van der Waals surface area contributed by atoms with Gasteiger partial charge >= 0.3 is 0 Å². The predicted molar refractivity (Wildman–Crippen MR) is 47.0 cm³/mol. The maximum Gasteiger partial charge on any atom is 0.102 e. The number of aromatic nitrogens is 5. The number of hydrogen-bond donors (Lipinski definition) is 0. The third kappa shape index (κ3) is 1.74. The molecule has 68 valence electrons. The molecule has 2 aromatic rings. The Bertz CT molecular complexity index is 362. The van der Waals surface area contributed by atoms with Gasteiger partial charge in [-0.05, 0) is 6.92 Å². The Kier molecular flexibility index (Phi) is 2.08. The first-order valence-corrected chi connectivity index (χ1v) is 4.23. The zero-order valence-electron chi connectivity index (χ0n) is 7.46. The summed E-state index contributed by atoms with van der Waals surface area (Å²) in [5, 5.41) is 7.97. The second-order valence-corrected chi connectivity index (χ2v) is 2.80. The van der Waals surface area contributed by atoms with E-state index in [9.17, 15) is 0 Å². The first-order valence-electron chi connectivity index (χ1n) is 4.23. The minimum Gasteiger partial charge on any atom is -0.331 e. The summed E-state index contributed by atoms with van der Waals surface area (Å²) in [7, 11) is 0. The van der Waals surface area contributed by atoms with Gasteiger partial charge < -0.3 is 4.57 Å². The molecule has 0 radical (unpaired) electrons. The number of nitrogens with zero attached hydrogens (tertiary/aromatic N) is 5. The molecule has 0 N–H and O–H groups in total. The number of aryl methyl sites for hydroxylation is 1. The summed E-state index contributed by atoms with van der Waals surface area (Å²) in [5.41, 5.74) is 0.958. The molecule has 5 heteroatoms. The molecule has 0 amide bonds.